The number of likely N-dealkylation sites (N-methyl/N-ethyl adjacent to an activating group) is 1. The zero-order valence-electron chi connectivity index (χ0n) is 21.1. The lowest BCUT2D eigenvalue weighted by atomic mass is 10.1. The van der Waals surface area contributed by atoms with Gasteiger partial charge in [0.2, 0.25) is 11.8 Å². The number of anilines is 1. The fourth-order valence-electron chi connectivity index (χ4n) is 3.76. The third kappa shape index (κ3) is 6.90. The lowest BCUT2D eigenvalue weighted by molar-refractivity contribution is -0.139. The molecule has 3 aromatic carbocycles. The minimum atomic E-state index is -4.11. The lowest BCUT2D eigenvalue weighted by Gasteiger charge is -2.32. The molecule has 0 spiro atoms. The van der Waals surface area contributed by atoms with Crippen molar-refractivity contribution in [2.45, 2.75) is 31.3 Å². The summed E-state index contributed by atoms with van der Waals surface area (Å²) in [5.74, 6) is -0.295. The summed E-state index contributed by atoms with van der Waals surface area (Å²) in [6.07, 6.45) is 0. The Morgan fingerprint density at radius 1 is 1.03 bits per heavy atom. The topological polar surface area (TPSA) is 96.0 Å². The van der Waals surface area contributed by atoms with Crippen LogP contribution in [0.4, 0.5) is 5.69 Å². The molecular formula is C27H30BrN3O5S. The van der Waals surface area contributed by atoms with Crippen molar-refractivity contribution in [3.63, 3.8) is 0 Å². The maximum absolute atomic E-state index is 13.8. The summed E-state index contributed by atoms with van der Waals surface area (Å²) in [5, 5.41) is 2.57. The van der Waals surface area contributed by atoms with E-state index in [1.165, 1.54) is 24.1 Å². The van der Waals surface area contributed by atoms with Crippen molar-refractivity contribution in [2.24, 2.45) is 0 Å². The van der Waals surface area contributed by atoms with Crippen LogP contribution in [0, 0.1) is 6.92 Å². The lowest BCUT2D eigenvalue weighted by Crippen LogP contribution is -2.50. The molecule has 196 valence electrons. The molecule has 0 fully saturated rings. The summed E-state index contributed by atoms with van der Waals surface area (Å²) in [5.41, 5.74) is 1.96. The molecule has 0 aromatic heterocycles. The summed E-state index contributed by atoms with van der Waals surface area (Å²) in [4.78, 5) is 27.7. The molecule has 1 N–H and O–H groups in total. The van der Waals surface area contributed by atoms with Crippen molar-refractivity contribution in [1.82, 2.24) is 10.2 Å². The van der Waals surface area contributed by atoms with Crippen molar-refractivity contribution in [3.8, 4) is 5.75 Å². The number of hydrogen-bond donors (Lipinski definition) is 1. The van der Waals surface area contributed by atoms with E-state index in [0.717, 1.165) is 15.4 Å². The highest BCUT2D eigenvalue weighted by molar-refractivity contribution is 9.10. The number of aryl methyl sites for hydroxylation is 1. The predicted octanol–water partition coefficient (Wildman–Crippen LogP) is 4.12. The number of ether oxygens (including phenoxy) is 1. The molecule has 37 heavy (non-hydrogen) atoms. The maximum atomic E-state index is 13.8. The molecule has 8 nitrogen and oxygen atoms in total. The second-order valence-corrected chi connectivity index (χ2v) is 11.2. The molecule has 3 aromatic rings. The van der Waals surface area contributed by atoms with E-state index >= 15 is 0 Å². The van der Waals surface area contributed by atoms with E-state index in [4.69, 9.17) is 4.74 Å². The minimum Gasteiger partial charge on any atom is -0.497 e. The second-order valence-electron chi connectivity index (χ2n) is 8.47. The quantitative estimate of drug-likeness (QED) is 0.385. The number of nitrogens with zero attached hydrogens (tertiary/aromatic N) is 2. The summed E-state index contributed by atoms with van der Waals surface area (Å²) < 4.78 is 34.5. The third-order valence-electron chi connectivity index (χ3n) is 5.88. The van der Waals surface area contributed by atoms with Crippen molar-refractivity contribution in [3.05, 3.63) is 88.4 Å². The Morgan fingerprint density at radius 3 is 2.32 bits per heavy atom. The number of sulfonamides is 1. The molecule has 0 heterocycles. The van der Waals surface area contributed by atoms with Crippen LogP contribution in [0.3, 0.4) is 0 Å². The van der Waals surface area contributed by atoms with Gasteiger partial charge in [0.15, 0.2) is 0 Å². The Hall–Kier alpha value is -3.37. The first kappa shape index (κ1) is 28.2. The smallest absolute Gasteiger partial charge is 0.264 e. The van der Waals surface area contributed by atoms with Crippen LogP contribution in [0.5, 0.6) is 5.75 Å². The summed E-state index contributed by atoms with van der Waals surface area (Å²) in [6, 6.07) is 19.5. The Kier molecular flexibility index (Phi) is 9.34. The predicted molar refractivity (Wildman–Crippen MR) is 147 cm³/mol. The van der Waals surface area contributed by atoms with Crippen LogP contribution in [0.2, 0.25) is 0 Å². The molecule has 1 atom stereocenters. The van der Waals surface area contributed by atoms with E-state index in [1.54, 1.807) is 68.6 Å². The van der Waals surface area contributed by atoms with Crippen LogP contribution in [0.25, 0.3) is 0 Å². The molecule has 0 saturated carbocycles. The van der Waals surface area contributed by atoms with Crippen molar-refractivity contribution in [1.29, 1.82) is 0 Å². The zero-order chi connectivity index (χ0) is 27.2. The molecule has 10 heteroatoms. The highest BCUT2D eigenvalue weighted by Gasteiger charge is 2.32. The fraction of sp³-hybridized carbons (Fsp3) is 0.259. The minimum absolute atomic E-state index is 0.0598. The van der Waals surface area contributed by atoms with Crippen molar-refractivity contribution in [2.75, 3.05) is 25.0 Å². The van der Waals surface area contributed by atoms with Gasteiger partial charge in [0.05, 0.1) is 17.7 Å². The molecular weight excluding hydrogens is 558 g/mol. The number of carbonyl (C=O) groups is 2. The van der Waals surface area contributed by atoms with Crippen molar-refractivity contribution < 1.29 is 22.7 Å². The van der Waals surface area contributed by atoms with Gasteiger partial charge in [-0.1, -0.05) is 51.8 Å². The van der Waals surface area contributed by atoms with Gasteiger partial charge in [-0.2, -0.15) is 0 Å². The highest BCUT2D eigenvalue weighted by Crippen LogP contribution is 2.27. The summed E-state index contributed by atoms with van der Waals surface area (Å²) in [7, 11) is -1.08. The SMILES string of the molecule is CNC(=O)[C@H](C)N(Cc1cccc(OC)c1)C(=O)CN(c1cccc(Br)c1)S(=O)(=O)c1ccc(C)cc1. The van der Waals surface area contributed by atoms with Gasteiger partial charge in [0, 0.05) is 18.1 Å². The zero-order valence-corrected chi connectivity index (χ0v) is 23.5. The Morgan fingerprint density at radius 2 is 1.70 bits per heavy atom. The van der Waals surface area contributed by atoms with E-state index in [-0.39, 0.29) is 17.3 Å². The van der Waals surface area contributed by atoms with Gasteiger partial charge < -0.3 is 15.0 Å². The van der Waals surface area contributed by atoms with Gasteiger partial charge in [-0.05, 0) is 61.9 Å². The summed E-state index contributed by atoms with van der Waals surface area (Å²) >= 11 is 3.39. The summed E-state index contributed by atoms with van der Waals surface area (Å²) in [6.45, 7) is 3.05. The van der Waals surface area contributed by atoms with E-state index in [1.807, 2.05) is 13.0 Å². The largest absolute Gasteiger partial charge is 0.497 e. The molecule has 0 aliphatic carbocycles. The highest BCUT2D eigenvalue weighted by atomic mass is 79.9. The average Bonchev–Trinajstić information content (AvgIpc) is 2.89. The monoisotopic (exact) mass is 587 g/mol. The fourth-order valence-corrected chi connectivity index (χ4v) is 5.55. The molecule has 0 saturated heterocycles. The average molecular weight is 589 g/mol. The molecule has 3 rings (SSSR count). The van der Waals surface area contributed by atoms with Crippen LogP contribution in [0.1, 0.15) is 18.1 Å². The number of methoxy groups -OCH3 is 1. The normalized spacial score (nSPS) is 11.9. The molecule has 0 radical (unpaired) electrons. The van der Waals surface area contributed by atoms with Crippen LogP contribution >= 0.6 is 15.9 Å². The van der Waals surface area contributed by atoms with E-state index in [0.29, 0.717) is 15.9 Å². The number of carbonyl (C=O) groups excluding carboxylic acids is 2. The van der Waals surface area contributed by atoms with Crippen LogP contribution in [-0.2, 0) is 26.2 Å². The number of rotatable bonds is 10. The van der Waals surface area contributed by atoms with Gasteiger partial charge in [0.1, 0.15) is 18.3 Å². The molecule has 0 aliphatic rings. The molecule has 2 amide bonds. The standard InChI is InChI=1S/C27H30BrN3O5S/c1-19-11-13-25(14-12-19)37(34,35)31(23-9-6-8-22(28)16-23)18-26(32)30(20(2)27(33)29-3)17-21-7-5-10-24(15-21)36-4/h5-16,20H,17-18H2,1-4H3,(H,29,33)/t20-/m0/s1. The Bertz CT molecular complexity index is 1360. The molecule has 0 aliphatic heterocycles. The second kappa shape index (κ2) is 12.2. The number of halogens is 1. The van der Waals surface area contributed by atoms with Gasteiger partial charge >= 0.3 is 0 Å². The van der Waals surface area contributed by atoms with Gasteiger partial charge in [0.25, 0.3) is 10.0 Å². The number of hydrogen-bond acceptors (Lipinski definition) is 5. The van der Waals surface area contributed by atoms with Gasteiger partial charge in [-0.25, -0.2) is 8.42 Å². The number of amides is 2. The van der Waals surface area contributed by atoms with Crippen LogP contribution < -0.4 is 14.4 Å². The first-order valence-electron chi connectivity index (χ1n) is 11.6. The number of nitrogens with one attached hydrogen (secondary N) is 1. The molecule has 0 unspecified atom stereocenters. The molecule has 0 bridgehead atoms. The third-order valence-corrected chi connectivity index (χ3v) is 8.17. The Labute approximate surface area is 226 Å². The van der Waals surface area contributed by atoms with E-state index in [9.17, 15) is 18.0 Å². The van der Waals surface area contributed by atoms with E-state index in [2.05, 4.69) is 21.2 Å². The maximum Gasteiger partial charge on any atom is 0.264 e. The van der Waals surface area contributed by atoms with Crippen molar-refractivity contribution >= 4 is 43.5 Å². The Balaban J connectivity index is 2.03. The van der Waals surface area contributed by atoms with Crippen LogP contribution in [-0.4, -0.2) is 51.9 Å². The first-order valence-corrected chi connectivity index (χ1v) is 13.8. The van der Waals surface area contributed by atoms with E-state index < -0.39 is 28.5 Å². The van der Waals surface area contributed by atoms with Crippen LogP contribution in [0.15, 0.2) is 82.2 Å². The number of benzene rings is 3. The van der Waals surface area contributed by atoms with Gasteiger partial charge in [-0.3, -0.25) is 13.9 Å². The first-order chi connectivity index (χ1) is 17.6. The van der Waals surface area contributed by atoms with Gasteiger partial charge in [-0.15, -0.1) is 0 Å².